The van der Waals surface area contributed by atoms with E-state index in [9.17, 15) is 0 Å². The molecule has 0 aromatic carbocycles. The highest BCUT2D eigenvalue weighted by atomic mass is 14.9. The summed E-state index contributed by atoms with van der Waals surface area (Å²) in [5, 5.41) is 7.39. The SMILES string of the molecule is C/C=C/n1ccccc1=N. The molecule has 1 N–H and O–H groups in total. The zero-order valence-electron chi connectivity index (χ0n) is 5.91. The molecule has 0 radical (unpaired) electrons. The lowest BCUT2D eigenvalue weighted by atomic mass is 10.5. The number of allylic oxidation sites excluding steroid dienone is 1. The Kier molecular flexibility index (Phi) is 2.05. The van der Waals surface area contributed by atoms with Crippen molar-refractivity contribution in [3.63, 3.8) is 0 Å². The predicted molar refractivity (Wildman–Crippen MR) is 41.3 cm³/mol. The zero-order chi connectivity index (χ0) is 7.40. The Balaban J connectivity index is 3.16. The van der Waals surface area contributed by atoms with E-state index in [0.29, 0.717) is 5.49 Å². The van der Waals surface area contributed by atoms with E-state index in [1.165, 1.54) is 0 Å². The third-order valence-electron chi connectivity index (χ3n) is 1.20. The predicted octanol–water partition coefficient (Wildman–Crippen LogP) is 1.46. The van der Waals surface area contributed by atoms with Gasteiger partial charge in [0.1, 0.15) is 5.49 Å². The maximum Gasteiger partial charge on any atom is 0.128 e. The van der Waals surface area contributed by atoms with Crippen LogP contribution in [-0.4, -0.2) is 4.57 Å². The summed E-state index contributed by atoms with van der Waals surface area (Å²) in [6, 6.07) is 5.50. The Morgan fingerprint density at radius 2 is 2.30 bits per heavy atom. The Hall–Kier alpha value is -1.31. The minimum atomic E-state index is 0.501. The van der Waals surface area contributed by atoms with Crippen molar-refractivity contribution in [2.45, 2.75) is 6.92 Å². The number of pyridine rings is 1. The molecule has 1 rings (SSSR count). The van der Waals surface area contributed by atoms with Gasteiger partial charge in [0.25, 0.3) is 0 Å². The van der Waals surface area contributed by atoms with E-state index in [2.05, 4.69) is 0 Å². The first-order valence-electron chi connectivity index (χ1n) is 3.19. The second-order valence-electron chi connectivity index (χ2n) is 1.98. The Labute approximate surface area is 60.0 Å². The van der Waals surface area contributed by atoms with Crippen LogP contribution in [0, 0.1) is 5.41 Å². The largest absolute Gasteiger partial charge is 0.309 e. The molecule has 0 aliphatic rings. The molecule has 0 unspecified atom stereocenters. The standard InChI is InChI=1S/C8H10N2/c1-2-6-10-7-4-3-5-8(10)9/h2-7,9H,1H3/b6-2+,9-8?. The van der Waals surface area contributed by atoms with Crippen LogP contribution in [-0.2, 0) is 0 Å². The Morgan fingerprint density at radius 3 is 2.90 bits per heavy atom. The summed E-state index contributed by atoms with van der Waals surface area (Å²) in [5.74, 6) is 0. The van der Waals surface area contributed by atoms with Gasteiger partial charge < -0.3 is 4.57 Å². The fourth-order valence-electron chi connectivity index (χ4n) is 0.746. The van der Waals surface area contributed by atoms with Crippen LogP contribution in [0.15, 0.2) is 30.5 Å². The maximum absolute atomic E-state index is 7.39. The van der Waals surface area contributed by atoms with Gasteiger partial charge in [0.15, 0.2) is 0 Å². The number of hydrogen-bond acceptors (Lipinski definition) is 1. The van der Waals surface area contributed by atoms with Gasteiger partial charge in [0, 0.05) is 12.4 Å². The summed E-state index contributed by atoms with van der Waals surface area (Å²) < 4.78 is 1.75. The lowest BCUT2D eigenvalue weighted by Gasteiger charge is -1.95. The minimum absolute atomic E-state index is 0.501. The van der Waals surface area contributed by atoms with Crippen molar-refractivity contribution in [2.24, 2.45) is 0 Å². The third-order valence-corrected chi connectivity index (χ3v) is 1.20. The fraction of sp³-hybridized carbons (Fsp3) is 0.125. The normalized spacial score (nSPS) is 10.5. The van der Waals surface area contributed by atoms with E-state index < -0.39 is 0 Å². The number of nitrogens with one attached hydrogen (secondary N) is 1. The highest BCUT2D eigenvalue weighted by Crippen LogP contribution is 1.81. The smallest absolute Gasteiger partial charge is 0.128 e. The molecular formula is C8H10N2. The minimum Gasteiger partial charge on any atom is -0.309 e. The lowest BCUT2D eigenvalue weighted by molar-refractivity contribution is 0.974. The fourth-order valence-corrected chi connectivity index (χ4v) is 0.746. The van der Waals surface area contributed by atoms with Crippen LogP contribution in [0.5, 0.6) is 0 Å². The van der Waals surface area contributed by atoms with Crippen molar-refractivity contribution in [3.8, 4) is 0 Å². The van der Waals surface area contributed by atoms with Crippen molar-refractivity contribution in [1.82, 2.24) is 4.57 Å². The molecule has 0 aliphatic heterocycles. The van der Waals surface area contributed by atoms with Gasteiger partial charge in [0.05, 0.1) is 0 Å². The van der Waals surface area contributed by atoms with Crippen molar-refractivity contribution < 1.29 is 0 Å². The molecule has 0 fully saturated rings. The van der Waals surface area contributed by atoms with Crippen molar-refractivity contribution in [2.75, 3.05) is 0 Å². The molecule has 0 atom stereocenters. The van der Waals surface area contributed by atoms with E-state index in [1.54, 1.807) is 10.6 Å². The molecule has 0 saturated heterocycles. The summed E-state index contributed by atoms with van der Waals surface area (Å²) in [6.07, 6.45) is 5.60. The van der Waals surface area contributed by atoms with Gasteiger partial charge in [-0.1, -0.05) is 12.1 Å². The van der Waals surface area contributed by atoms with Gasteiger partial charge in [-0.05, 0) is 19.1 Å². The van der Waals surface area contributed by atoms with Gasteiger partial charge in [0.2, 0.25) is 0 Å². The van der Waals surface area contributed by atoms with Gasteiger partial charge in [-0.3, -0.25) is 5.41 Å². The topological polar surface area (TPSA) is 28.8 Å². The van der Waals surface area contributed by atoms with Crippen LogP contribution in [0.1, 0.15) is 6.92 Å². The molecule has 10 heavy (non-hydrogen) atoms. The maximum atomic E-state index is 7.39. The highest BCUT2D eigenvalue weighted by Gasteiger charge is 1.79. The van der Waals surface area contributed by atoms with Crippen LogP contribution in [0.3, 0.4) is 0 Å². The van der Waals surface area contributed by atoms with Gasteiger partial charge in [-0.25, -0.2) is 0 Å². The summed E-state index contributed by atoms with van der Waals surface area (Å²) >= 11 is 0. The highest BCUT2D eigenvalue weighted by molar-refractivity contribution is 5.20. The molecule has 52 valence electrons. The molecule has 0 bridgehead atoms. The molecular weight excluding hydrogens is 124 g/mol. The third kappa shape index (κ3) is 1.35. The first-order valence-corrected chi connectivity index (χ1v) is 3.19. The van der Waals surface area contributed by atoms with E-state index in [-0.39, 0.29) is 0 Å². The first kappa shape index (κ1) is 6.81. The van der Waals surface area contributed by atoms with E-state index in [4.69, 9.17) is 5.41 Å². The van der Waals surface area contributed by atoms with Gasteiger partial charge >= 0.3 is 0 Å². The van der Waals surface area contributed by atoms with Crippen LogP contribution in [0.2, 0.25) is 0 Å². The summed E-state index contributed by atoms with van der Waals surface area (Å²) in [5.41, 5.74) is 0.501. The van der Waals surface area contributed by atoms with E-state index >= 15 is 0 Å². The first-order chi connectivity index (χ1) is 4.84. The van der Waals surface area contributed by atoms with Gasteiger partial charge in [-0.15, -0.1) is 0 Å². The molecule has 0 aliphatic carbocycles. The summed E-state index contributed by atoms with van der Waals surface area (Å²) in [4.78, 5) is 0. The molecule has 0 amide bonds. The quantitative estimate of drug-likeness (QED) is 0.602. The summed E-state index contributed by atoms with van der Waals surface area (Å²) in [7, 11) is 0. The molecule has 0 spiro atoms. The molecule has 2 nitrogen and oxygen atoms in total. The number of nitrogens with zero attached hydrogens (tertiary/aromatic N) is 1. The Bertz CT molecular complexity index is 283. The molecule has 0 saturated carbocycles. The second kappa shape index (κ2) is 3.01. The van der Waals surface area contributed by atoms with Crippen LogP contribution in [0.25, 0.3) is 6.20 Å². The molecule has 1 heterocycles. The summed E-state index contributed by atoms with van der Waals surface area (Å²) in [6.45, 7) is 1.93. The number of rotatable bonds is 1. The zero-order valence-corrected chi connectivity index (χ0v) is 5.91. The van der Waals surface area contributed by atoms with E-state index in [0.717, 1.165) is 0 Å². The Morgan fingerprint density at radius 1 is 1.50 bits per heavy atom. The second-order valence-corrected chi connectivity index (χ2v) is 1.98. The number of hydrogen-bond donors (Lipinski definition) is 1. The molecule has 2 heteroatoms. The number of aromatic nitrogens is 1. The van der Waals surface area contributed by atoms with Gasteiger partial charge in [-0.2, -0.15) is 0 Å². The molecule has 1 aromatic heterocycles. The van der Waals surface area contributed by atoms with Crippen molar-refractivity contribution >= 4 is 6.20 Å². The monoisotopic (exact) mass is 134 g/mol. The average Bonchev–Trinajstić information content (AvgIpc) is 1.94. The van der Waals surface area contributed by atoms with Crippen LogP contribution in [0.4, 0.5) is 0 Å². The molecule has 1 aromatic rings. The van der Waals surface area contributed by atoms with Crippen molar-refractivity contribution in [3.05, 3.63) is 36.0 Å². The average molecular weight is 134 g/mol. The van der Waals surface area contributed by atoms with Crippen LogP contribution >= 0.6 is 0 Å². The van der Waals surface area contributed by atoms with Crippen LogP contribution < -0.4 is 5.49 Å². The lowest BCUT2D eigenvalue weighted by Crippen LogP contribution is -2.11. The van der Waals surface area contributed by atoms with Crippen molar-refractivity contribution in [1.29, 1.82) is 5.41 Å². The van der Waals surface area contributed by atoms with E-state index in [1.807, 2.05) is 37.5 Å².